The van der Waals surface area contributed by atoms with Crippen LogP contribution in [0, 0.1) is 17.5 Å². The van der Waals surface area contributed by atoms with Crippen LogP contribution in [-0.4, -0.2) is 12.7 Å². The van der Waals surface area contributed by atoms with Gasteiger partial charge in [0.25, 0.3) is 0 Å². The third-order valence-electron chi connectivity index (χ3n) is 5.12. The lowest BCUT2D eigenvalue weighted by Gasteiger charge is -2.29. The van der Waals surface area contributed by atoms with Crippen LogP contribution in [0.4, 0.5) is 13.2 Å². The van der Waals surface area contributed by atoms with Crippen LogP contribution in [0.15, 0.2) is 30.3 Å². The van der Waals surface area contributed by atoms with Crippen molar-refractivity contribution in [2.75, 3.05) is 6.61 Å². The summed E-state index contributed by atoms with van der Waals surface area (Å²) < 4.78 is 48.9. The molecule has 1 aliphatic rings. The van der Waals surface area contributed by atoms with Crippen LogP contribution < -0.4 is 0 Å². The SMILES string of the molecule is CCc1ccc(-c2ccc(C3CCC(CC)OC3)c(F)c2F)cc1F. The molecule has 1 saturated heterocycles. The molecular formula is C21H23F3O. The van der Waals surface area contributed by atoms with Crippen LogP contribution >= 0.6 is 0 Å². The molecule has 1 heterocycles. The first-order valence-corrected chi connectivity index (χ1v) is 8.93. The molecular weight excluding hydrogens is 325 g/mol. The van der Waals surface area contributed by atoms with E-state index >= 15 is 0 Å². The molecule has 0 N–H and O–H groups in total. The largest absolute Gasteiger partial charge is 0.378 e. The summed E-state index contributed by atoms with van der Waals surface area (Å²) in [6.45, 7) is 4.32. The van der Waals surface area contributed by atoms with Crippen LogP contribution in [-0.2, 0) is 11.2 Å². The predicted molar refractivity (Wildman–Crippen MR) is 93.1 cm³/mol. The zero-order valence-corrected chi connectivity index (χ0v) is 14.6. The summed E-state index contributed by atoms with van der Waals surface area (Å²) in [4.78, 5) is 0. The Morgan fingerprint density at radius 1 is 1.00 bits per heavy atom. The molecule has 1 nitrogen and oxygen atoms in total. The van der Waals surface area contributed by atoms with E-state index in [1.54, 1.807) is 24.3 Å². The molecule has 2 aromatic rings. The van der Waals surface area contributed by atoms with Crippen molar-refractivity contribution in [1.82, 2.24) is 0 Å². The van der Waals surface area contributed by atoms with Gasteiger partial charge in [-0.05, 0) is 48.4 Å². The minimum absolute atomic E-state index is 0.0889. The van der Waals surface area contributed by atoms with Crippen molar-refractivity contribution >= 4 is 0 Å². The second kappa shape index (κ2) is 7.61. The Morgan fingerprint density at radius 2 is 1.80 bits per heavy atom. The summed E-state index contributed by atoms with van der Waals surface area (Å²) in [5.74, 6) is -2.29. The first kappa shape index (κ1) is 18.0. The highest BCUT2D eigenvalue weighted by Gasteiger charge is 2.26. The maximum atomic E-state index is 14.6. The van der Waals surface area contributed by atoms with Crippen LogP contribution in [0.2, 0.25) is 0 Å². The van der Waals surface area contributed by atoms with E-state index in [1.165, 1.54) is 6.07 Å². The first-order valence-electron chi connectivity index (χ1n) is 8.93. The van der Waals surface area contributed by atoms with Crippen molar-refractivity contribution < 1.29 is 17.9 Å². The van der Waals surface area contributed by atoms with Gasteiger partial charge in [-0.3, -0.25) is 0 Å². The third-order valence-corrected chi connectivity index (χ3v) is 5.12. The molecule has 0 aliphatic carbocycles. The minimum Gasteiger partial charge on any atom is -0.378 e. The normalized spacial score (nSPS) is 20.7. The monoisotopic (exact) mass is 348 g/mol. The van der Waals surface area contributed by atoms with Crippen molar-refractivity contribution in [2.24, 2.45) is 0 Å². The molecule has 0 bridgehead atoms. The standard InChI is InChI=1S/C21H23F3O/c1-3-13-5-6-14(11-19(13)22)17-9-10-18(21(24)20(17)23)15-7-8-16(4-2)25-12-15/h5-6,9-11,15-16H,3-4,7-8,12H2,1-2H3. The van der Waals surface area contributed by atoms with Crippen molar-refractivity contribution in [3.8, 4) is 11.1 Å². The van der Waals surface area contributed by atoms with Crippen LogP contribution in [0.25, 0.3) is 11.1 Å². The smallest absolute Gasteiger partial charge is 0.166 e. The van der Waals surface area contributed by atoms with Crippen molar-refractivity contribution in [3.05, 3.63) is 58.9 Å². The maximum Gasteiger partial charge on any atom is 0.166 e. The fourth-order valence-electron chi connectivity index (χ4n) is 3.48. The van der Waals surface area contributed by atoms with Gasteiger partial charge >= 0.3 is 0 Å². The van der Waals surface area contributed by atoms with E-state index in [-0.39, 0.29) is 17.6 Å². The molecule has 0 spiro atoms. The first-order chi connectivity index (χ1) is 12.0. The minimum atomic E-state index is -0.918. The highest BCUT2D eigenvalue weighted by molar-refractivity contribution is 5.65. The zero-order chi connectivity index (χ0) is 18.0. The third kappa shape index (κ3) is 3.59. The summed E-state index contributed by atoms with van der Waals surface area (Å²) in [7, 11) is 0. The number of hydrogen-bond acceptors (Lipinski definition) is 1. The summed E-state index contributed by atoms with van der Waals surface area (Å²) in [5.41, 5.74) is 1.35. The number of benzene rings is 2. The average Bonchev–Trinajstić information content (AvgIpc) is 2.64. The van der Waals surface area contributed by atoms with E-state index in [1.807, 2.05) is 6.92 Å². The molecule has 1 fully saturated rings. The number of hydrogen-bond donors (Lipinski definition) is 0. The Hall–Kier alpha value is -1.81. The van der Waals surface area contributed by atoms with E-state index in [9.17, 15) is 13.2 Å². The van der Waals surface area contributed by atoms with Crippen molar-refractivity contribution in [3.63, 3.8) is 0 Å². The molecule has 0 saturated carbocycles. The average molecular weight is 348 g/mol. The summed E-state index contributed by atoms with van der Waals surface area (Å²) >= 11 is 0. The quantitative estimate of drug-likeness (QED) is 0.658. The maximum absolute atomic E-state index is 14.6. The Morgan fingerprint density at radius 3 is 2.40 bits per heavy atom. The lowest BCUT2D eigenvalue weighted by molar-refractivity contribution is 0.00131. The Kier molecular flexibility index (Phi) is 5.48. The predicted octanol–water partition coefficient (Wildman–Crippen LogP) is 6.01. The van der Waals surface area contributed by atoms with Crippen LogP contribution in [0.5, 0.6) is 0 Å². The van der Waals surface area contributed by atoms with Gasteiger partial charge in [0.2, 0.25) is 0 Å². The molecule has 0 aromatic heterocycles. The molecule has 0 radical (unpaired) electrons. The van der Waals surface area contributed by atoms with Crippen LogP contribution in [0.3, 0.4) is 0 Å². The van der Waals surface area contributed by atoms with Gasteiger partial charge in [-0.25, -0.2) is 13.2 Å². The molecule has 1 aliphatic heterocycles. The summed E-state index contributed by atoms with van der Waals surface area (Å²) in [5, 5.41) is 0. The molecule has 4 heteroatoms. The topological polar surface area (TPSA) is 9.23 Å². The number of rotatable bonds is 4. The molecule has 0 amide bonds. The van der Waals surface area contributed by atoms with Gasteiger partial charge in [-0.2, -0.15) is 0 Å². The van der Waals surface area contributed by atoms with E-state index in [0.29, 0.717) is 29.7 Å². The van der Waals surface area contributed by atoms with Gasteiger partial charge in [-0.1, -0.05) is 38.1 Å². The van der Waals surface area contributed by atoms with Gasteiger partial charge in [0, 0.05) is 11.5 Å². The Balaban J connectivity index is 1.89. The second-order valence-corrected chi connectivity index (χ2v) is 6.63. The molecule has 3 rings (SSSR count). The van der Waals surface area contributed by atoms with E-state index in [4.69, 9.17) is 4.74 Å². The molecule has 2 unspecified atom stereocenters. The highest BCUT2D eigenvalue weighted by atomic mass is 19.2. The van der Waals surface area contributed by atoms with Gasteiger partial charge in [0.1, 0.15) is 5.82 Å². The molecule has 2 aromatic carbocycles. The Bertz CT molecular complexity index is 749. The van der Waals surface area contributed by atoms with Gasteiger partial charge < -0.3 is 4.74 Å². The highest BCUT2D eigenvalue weighted by Crippen LogP contribution is 2.35. The summed E-state index contributed by atoms with van der Waals surface area (Å²) in [6, 6.07) is 7.68. The van der Waals surface area contributed by atoms with Gasteiger partial charge in [0.05, 0.1) is 12.7 Å². The van der Waals surface area contributed by atoms with Gasteiger partial charge in [-0.15, -0.1) is 0 Å². The van der Waals surface area contributed by atoms with Crippen molar-refractivity contribution in [2.45, 2.75) is 51.6 Å². The number of ether oxygens (including phenoxy) is 1. The zero-order valence-electron chi connectivity index (χ0n) is 14.6. The van der Waals surface area contributed by atoms with E-state index in [2.05, 4.69) is 6.92 Å². The van der Waals surface area contributed by atoms with Crippen molar-refractivity contribution in [1.29, 1.82) is 0 Å². The fourth-order valence-corrected chi connectivity index (χ4v) is 3.48. The van der Waals surface area contributed by atoms with Crippen LogP contribution in [0.1, 0.15) is 50.2 Å². The van der Waals surface area contributed by atoms with E-state index in [0.717, 1.165) is 19.3 Å². The number of halogens is 3. The fraction of sp³-hybridized carbons (Fsp3) is 0.429. The Labute approximate surface area is 146 Å². The molecule has 2 atom stereocenters. The summed E-state index contributed by atoms with van der Waals surface area (Å²) in [6.07, 6.45) is 3.34. The number of aryl methyl sites for hydroxylation is 1. The van der Waals surface area contributed by atoms with Gasteiger partial charge in [0.15, 0.2) is 11.6 Å². The molecule has 25 heavy (non-hydrogen) atoms. The lowest BCUT2D eigenvalue weighted by atomic mass is 9.89. The lowest BCUT2D eigenvalue weighted by Crippen LogP contribution is -2.24. The second-order valence-electron chi connectivity index (χ2n) is 6.63. The van der Waals surface area contributed by atoms with E-state index < -0.39 is 17.5 Å². The molecule has 134 valence electrons.